The number of carbonyl (C=O) groups is 2. The van der Waals surface area contributed by atoms with Crippen LogP contribution in [0.5, 0.6) is 0 Å². The third kappa shape index (κ3) is 3.81. The first-order valence-electron chi connectivity index (χ1n) is 7.19. The molecule has 1 rings (SSSR count). The predicted octanol–water partition coefficient (Wildman–Crippen LogP) is 2.98. The van der Waals surface area contributed by atoms with Gasteiger partial charge < -0.3 is 9.53 Å². The molecule has 0 aromatic heterocycles. The molecule has 0 bridgehead atoms. The maximum Gasteiger partial charge on any atom is 0.305 e. The fourth-order valence-corrected chi connectivity index (χ4v) is 4.59. The number of hydrogen-bond acceptors (Lipinski definition) is 4. The van der Waals surface area contributed by atoms with Crippen LogP contribution in [0.15, 0.2) is 0 Å². The van der Waals surface area contributed by atoms with Crippen molar-refractivity contribution >= 4 is 32.1 Å². The Labute approximate surface area is 132 Å². The average Bonchev–Trinajstić information content (AvgIpc) is 2.25. The molecular weight excluding hydrogens is 306 g/mol. The van der Waals surface area contributed by atoms with Crippen LogP contribution in [0, 0.1) is 5.92 Å². The molecule has 1 heterocycles. The minimum Gasteiger partial charge on any atom is -0.481 e. The lowest BCUT2D eigenvalue weighted by Gasteiger charge is -2.49. The van der Waals surface area contributed by atoms with E-state index in [1.54, 1.807) is 10.6 Å². The molecule has 1 aliphatic rings. The van der Waals surface area contributed by atoms with Crippen LogP contribution in [0.25, 0.3) is 0 Å². The lowest BCUT2D eigenvalue weighted by atomic mass is 9.84. The molecular formula is C14H27NO4SSi. The highest BCUT2D eigenvalue weighted by atomic mass is 32.2. The maximum absolute atomic E-state index is 12.2. The first-order chi connectivity index (χ1) is 9.42. The molecule has 122 valence electrons. The number of nitrogens with zero attached hydrogens (tertiary/aromatic N) is 1. The Bertz CT molecular complexity index is 422. The normalized spacial score (nSPS) is 24.7. The monoisotopic (exact) mass is 333 g/mol. The molecule has 3 atom stereocenters. The summed E-state index contributed by atoms with van der Waals surface area (Å²) in [5.74, 6) is -1.24. The molecule has 0 saturated carbocycles. The SMILES string of the molecule is CSN1C(=O)[C@H]([C@@H](C)O[Si](C)(C)C(C)(C)C)[C@H]1CC(=O)O. The lowest BCUT2D eigenvalue weighted by Crippen LogP contribution is -2.63. The van der Waals surface area contributed by atoms with Crippen LogP contribution >= 0.6 is 11.9 Å². The van der Waals surface area contributed by atoms with Crippen molar-refractivity contribution in [3.8, 4) is 0 Å². The quantitative estimate of drug-likeness (QED) is 0.460. The fourth-order valence-electron chi connectivity index (χ4n) is 2.38. The highest BCUT2D eigenvalue weighted by Crippen LogP contribution is 2.42. The molecule has 1 fully saturated rings. The molecule has 1 amide bonds. The van der Waals surface area contributed by atoms with Gasteiger partial charge in [-0.3, -0.25) is 13.9 Å². The van der Waals surface area contributed by atoms with Crippen LogP contribution in [0.4, 0.5) is 0 Å². The van der Waals surface area contributed by atoms with Gasteiger partial charge in [-0.25, -0.2) is 0 Å². The Morgan fingerprint density at radius 3 is 2.38 bits per heavy atom. The average molecular weight is 334 g/mol. The zero-order valence-corrected chi connectivity index (χ0v) is 15.8. The Balaban J connectivity index is 2.83. The van der Waals surface area contributed by atoms with Gasteiger partial charge in [-0.1, -0.05) is 32.7 Å². The topological polar surface area (TPSA) is 66.8 Å². The number of carboxylic acids is 1. The number of amides is 1. The highest BCUT2D eigenvalue weighted by Gasteiger charge is 2.53. The van der Waals surface area contributed by atoms with Gasteiger partial charge in [0, 0.05) is 6.26 Å². The van der Waals surface area contributed by atoms with Crippen LogP contribution < -0.4 is 0 Å². The van der Waals surface area contributed by atoms with Crippen molar-refractivity contribution in [3.05, 3.63) is 0 Å². The van der Waals surface area contributed by atoms with E-state index in [-0.39, 0.29) is 35.4 Å². The van der Waals surface area contributed by atoms with E-state index in [1.165, 1.54) is 11.9 Å². The molecule has 1 aliphatic heterocycles. The van der Waals surface area contributed by atoms with Gasteiger partial charge in [0.15, 0.2) is 8.32 Å². The molecule has 0 radical (unpaired) electrons. The molecule has 5 nitrogen and oxygen atoms in total. The second kappa shape index (κ2) is 6.30. The molecule has 7 heteroatoms. The van der Waals surface area contributed by atoms with Crippen LogP contribution in [0.2, 0.25) is 18.1 Å². The molecule has 0 unspecified atom stereocenters. The van der Waals surface area contributed by atoms with Crippen molar-refractivity contribution in [1.82, 2.24) is 4.31 Å². The number of hydrogen-bond donors (Lipinski definition) is 1. The van der Waals surface area contributed by atoms with Crippen molar-refractivity contribution in [2.75, 3.05) is 6.26 Å². The highest BCUT2D eigenvalue weighted by molar-refractivity contribution is 7.96. The predicted molar refractivity (Wildman–Crippen MR) is 87.6 cm³/mol. The Morgan fingerprint density at radius 1 is 1.48 bits per heavy atom. The maximum atomic E-state index is 12.2. The number of carboxylic acid groups (broad SMARTS) is 1. The van der Waals surface area contributed by atoms with Crippen LogP contribution in [0.3, 0.4) is 0 Å². The third-order valence-electron chi connectivity index (χ3n) is 4.59. The van der Waals surface area contributed by atoms with E-state index < -0.39 is 14.3 Å². The number of rotatable bonds is 6. The molecule has 21 heavy (non-hydrogen) atoms. The zero-order chi connectivity index (χ0) is 16.6. The van der Waals surface area contributed by atoms with Gasteiger partial charge in [0.2, 0.25) is 5.91 Å². The fraction of sp³-hybridized carbons (Fsp3) is 0.857. The summed E-state index contributed by atoms with van der Waals surface area (Å²) < 4.78 is 7.83. The van der Waals surface area contributed by atoms with Crippen molar-refractivity contribution < 1.29 is 19.1 Å². The molecule has 1 saturated heterocycles. The number of carbonyl (C=O) groups excluding carboxylic acids is 1. The van der Waals surface area contributed by atoms with Crippen molar-refractivity contribution in [1.29, 1.82) is 0 Å². The summed E-state index contributed by atoms with van der Waals surface area (Å²) in [5.41, 5.74) is 0. The van der Waals surface area contributed by atoms with E-state index in [0.29, 0.717) is 0 Å². The second-order valence-corrected chi connectivity index (χ2v) is 12.6. The van der Waals surface area contributed by atoms with Crippen LogP contribution in [-0.4, -0.2) is 48.0 Å². The van der Waals surface area contributed by atoms with Gasteiger partial charge in [-0.05, 0) is 25.1 Å². The van der Waals surface area contributed by atoms with Crippen LogP contribution in [-0.2, 0) is 14.0 Å². The number of aliphatic carboxylic acids is 1. The van der Waals surface area contributed by atoms with Gasteiger partial charge in [0.1, 0.15) is 0 Å². The number of β-lactam (4-membered cyclic amide) rings is 1. The molecule has 0 spiro atoms. The third-order valence-corrected chi connectivity index (χ3v) is 10.0. The Kier molecular flexibility index (Phi) is 5.55. The van der Waals surface area contributed by atoms with E-state index in [2.05, 4.69) is 33.9 Å². The first-order valence-corrected chi connectivity index (χ1v) is 11.3. The van der Waals surface area contributed by atoms with E-state index in [9.17, 15) is 9.59 Å². The van der Waals surface area contributed by atoms with Gasteiger partial charge in [-0.2, -0.15) is 0 Å². The van der Waals surface area contributed by atoms with Crippen LogP contribution in [0.1, 0.15) is 34.1 Å². The largest absolute Gasteiger partial charge is 0.481 e. The minimum absolute atomic E-state index is 0.0139. The Hall–Kier alpha value is -0.533. The molecule has 1 N–H and O–H groups in total. The van der Waals surface area contributed by atoms with Crippen molar-refractivity contribution in [3.63, 3.8) is 0 Å². The minimum atomic E-state index is -1.97. The zero-order valence-electron chi connectivity index (χ0n) is 14.0. The Morgan fingerprint density at radius 2 is 2.00 bits per heavy atom. The van der Waals surface area contributed by atoms with Crippen molar-refractivity contribution in [2.45, 2.75) is 64.4 Å². The summed E-state index contributed by atoms with van der Waals surface area (Å²) in [6.45, 7) is 12.6. The summed E-state index contributed by atoms with van der Waals surface area (Å²) in [5, 5.41) is 9.10. The van der Waals surface area contributed by atoms with Crippen molar-refractivity contribution in [2.24, 2.45) is 5.92 Å². The van der Waals surface area contributed by atoms with Gasteiger partial charge in [0.25, 0.3) is 0 Å². The van der Waals surface area contributed by atoms with E-state index in [4.69, 9.17) is 9.53 Å². The summed E-state index contributed by atoms with van der Waals surface area (Å²) in [6, 6.07) is -0.273. The smallest absolute Gasteiger partial charge is 0.305 e. The standard InChI is InChI=1S/C14H27NO4SSi/c1-9(19-21(6,7)14(2,3)4)12-10(8-11(16)17)15(20-5)13(12)18/h9-10,12H,8H2,1-7H3,(H,16,17)/t9-,10-,12-/m1/s1. The first kappa shape index (κ1) is 18.5. The van der Waals surface area contributed by atoms with Gasteiger partial charge in [-0.15, -0.1) is 0 Å². The lowest BCUT2D eigenvalue weighted by molar-refractivity contribution is -0.155. The van der Waals surface area contributed by atoms with Gasteiger partial charge >= 0.3 is 5.97 Å². The van der Waals surface area contributed by atoms with Gasteiger partial charge in [0.05, 0.1) is 24.5 Å². The molecule has 0 aliphatic carbocycles. The van der Waals surface area contributed by atoms with E-state index in [1.807, 2.05) is 6.92 Å². The summed E-state index contributed by atoms with van der Waals surface area (Å²) >= 11 is 1.29. The summed E-state index contributed by atoms with van der Waals surface area (Å²) in [7, 11) is -1.97. The second-order valence-electron chi connectivity index (χ2n) is 7.12. The van der Waals surface area contributed by atoms with E-state index >= 15 is 0 Å². The summed E-state index contributed by atoms with van der Waals surface area (Å²) in [6.07, 6.45) is 1.52. The molecule has 0 aromatic carbocycles. The van der Waals surface area contributed by atoms with E-state index in [0.717, 1.165) is 0 Å². The molecule has 0 aromatic rings. The summed E-state index contributed by atoms with van der Waals surface area (Å²) in [4.78, 5) is 23.2.